The van der Waals surface area contributed by atoms with Crippen LogP contribution < -0.4 is 4.74 Å². The zero-order chi connectivity index (χ0) is 13.1. The summed E-state index contributed by atoms with van der Waals surface area (Å²) in [6.45, 7) is 1.84. The van der Waals surface area contributed by atoms with E-state index in [9.17, 15) is 4.79 Å². The Bertz CT molecular complexity index is 599. The van der Waals surface area contributed by atoms with Crippen LogP contribution in [-0.4, -0.2) is 16.1 Å². The molecule has 0 amide bonds. The second-order valence-corrected chi connectivity index (χ2v) is 4.59. The molecule has 0 bridgehead atoms. The molecule has 0 fully saturated rings. The van der Waals surface area contributed by atoms with Gasteiger partial charge in [0.25, 0.3) is 0 Å². The Morgan fingerprint density at radius 2 is 2.11 bits per heavy atom. The minimum absolute atomic E-state index is 0.113. The Kier molecular flexibility index (Phi) is 3.62. The summed E-state index contributed by atoms with van der Waals surface area (Å²) in [5.41, 5.74) is 0.936. The minimum atomic E-state index is -1.03. The Morgan fingerprint density at radius 1 is 1.39 bits per heavy atom. The zero-order valence-corrected chi connectivity index (χ0v) is 11.1. The van der Waals surface area contributed by atoms with Gasteiger partial charge in [-0.2, -0.15) is 0 Å². The van der Waals surface area contributed by atoms with Crippen molar-refractivity contribution >= 4 is 21.9 Å². The van der Waals surface area contributed by atoms with E-state index in [1.807, 2.05) is 13.0 Å². The first kappa shape index (κ1) is 12.6. The lowest BCUT2D eigenvalue weighted by Crippen LogP contribution is -2.00. The van der Waals surface area contributed by atoms with Gasteiger partial charge >= 0.3 is 5.97 Å². The number of nitrogens with zero attached hydrogens (tertiary/aromatic N) is 1. The van der Waals surface area contributed by atoms with E-state index < -0.39 is 5.97 Å². The smallest absolute Gasteiger partial charge is 0.339 e. The number of hydrogen-bond donors (Lipinski definition) is 1. The maximum absolute atomic E-state index is 11.0. The number of halogens is 1. The molecule has 18 heavy (non-hydrogen) atoms. The number of rotatable bonds is 3. The van der Waals surface area contributed by atoms with E-state index in [4.69, 9.17) is 9.84 Å². The summed E-state index contributed by atoms with van der Waals surface area (Å²) in [7, 11) is 0. The third-order valence-electron chi connectivity index (χ3n) is 2.32. The van der Waals surface area contributed by atoms with Crippen molar-refractivity contribution in [2.45, 2.75) is 6.92 Å². The van der Waals surface area contributed by atoms with Gasteiger partial charge in [0.05, 0.1) is 0 Å². The number of pyridine rings is 1. The number of carbonyl (C=O) groups is 1. The average Bonchev–Trinajstić information content (AvgIpc) is 2.33. The van der Waals surface area contributed by atoms with Gasteiger partial charge in [0, 0.05) is 16.2 Å². The molecular weight excluding hydrogens is 298 g/mol. The summed E-state index contributed by atoms with van der Waals surface area (Å²) in [5, 5.41) is 9.05. The highest BCUT2D eigenvalue weighted by Crippen LogP contribution is 2.27. The van der Waals surface area contributed by atoms with Crippen LogP contribution in [-0.2, 0) is 0 Å². The fraction of sp³-hybridized carbons (Fsp3) is 0.0769. The van der Waals surface area contributed by atoms with E-state index >= 15 is 0 Å². The predicted octanol–water partition coefficient (Wildman–Crippen LogP) is 3.64. The van der Waals surface area contributed by atoms with Gasteiger partial charge in [-0.1, -0.05) is 12.1 Å². The second kappa shape index (κ2) is 5.18. The number of ether oxygens (including phenoxy) is 1. The molecule has 92 valence electrons. The maximum Gasteiger partial charge on any atom is 0.339 e. The lowest BCUT2D eigenvalue weighted by atomic mass is 10.2. The van der Waals surface area contributed by atoms with E-state index in [1.165, 1.54) is 6.07 Å². The molecular formula is C13H10BrNO3. The number of carboxylic acids is 1. The molecule has 1 heterocycles. The normalized spacial score (nSPS) is 10.1. The van der Waals surface area contributed by atoms with E-state index in [2.05, 4.69) is 20.9 Å². The van der Waals surface area contributed by atoms with Gasteiger partial charge in [0.2, 0.25) is 5.88 Å². The van der Waals surface area contributed by atoms with Gasteiger partial charge in [-0.15, -0.1) is 0 Å². The van der Waals surface area contributed by atoms with Gasteiger partial charge < -0.3 is 9.84 Å². The van der Waals surface area contributed by atoms with Crippen molar-refractivity contribution in [3.8, 4) is 11.6 Å². The van der Waals surface area contributed by atoms with Crippen LogP contribution in [0.5, 0.6) is 11.6 Å². The first-order chi connectivity index (χ1) is 8.58. The summed E-state index contributed by atoms with van der Waals surface area (Å²) >= 11 is 3.31. The van der Waals surface area contributed by atoms with Crippen molar-refractivity contribution in [1.82, 2.24) is 4.98 Å². The third kappa shape index (κ3) is 2.68. The molecule has 0 unspecified atom stereocenters. The molecule has 1 aromatic carbocycles. The molecule has 2 rings (SSSR count). The maximum atomic E-state index is 11.0. The zero-order valence-electron chi connectivity index (χ0n) is 9.55. The molecule has 0 aliphatic heterocycles. The molecule has 1 N–H and O–H groups in total. The van der Waals surface area contributed by atoms with Gasteiger partial charge in [-0.3, -0.25) is 0 Å². The lowest BCUT2D eigenvalue weighted by Gasteiger charge is -2.09. The van der Waals surface area contributed by atoms with Crippen molar-refractivity contribution < 1.29 is 14.6 Å². The Hall–Kier alpha value is -1.88. The van der Waals surface area contributed by atoms with Gasteiger partial charge in [0.1, 0.15) is 11.3 Å². The molecule has 2 aromatic rings. The molecule has 1 aromatic heterocycles. The highest BCUT2D eigenvalue weighted by atomic mass is 79.9. The highest BCUT2D eigenvalue weighted by molar-refractivity contribution is 9.10. The van der Waals surface area contributed by atoms with Crippen molar-refractivity contribution in [1.29, 1.82) is 0 Å². The Balaban J connectivity index is 2.37. The third-order valence-corrected chi connectivity index (χ3v) is 2.75. The lowest BCUT2D eigenvalue weighted by molar-refractivity contribution is 0.0694. The number of para-hydroxylation sites is 1. The van der Waals surface area contributed by atoms with Crippen LogP contribution in [0.25, 0.3) is 0 Å². The fourth-order valence-electron chi connectivity index (χ4n) is 1.47. The summed E-state index contributed by atoms with van der Waals surface area (Å²) in [6, 6.07) is 8.32. The summed E-state index contributed by atoms with van der Waals surface area (Å²) < 4.78 is 6.39. The number of benzene rings is 1. The quantitative estimate of drug-likeness (QED) is 0.940. The van der Waals surface area contributed by atoms with Crippen LogP contribution in [0.2, 0.25) is 0 Å². The fourth-order valence-corrected chi connectivity index (χ4v) is 1.92. The largest absolute Gasteiger partial charge is 0.478 e. The minimum Gasteiger partial charge on any atom is -0.478 e. The topological polar surface area (TPSA) is 59.4 Å². The summed E-state index contributed by atoms with van der Waals surface area (Å²) in [5.74, 6) is -0.352. The second-order valence-electron chi connectivity index (χ2n) is 3.68. The van der Waals surface area contributed by atoms with Crippen molar-refractivity contribution in [2.24, 2.45) is 0 Å². The van der Waals surface area contributed by atoms with Crippen LogP contribution in [0.3, 0.4) is 0 Å². The van der Waals surface area contributed by atoms with Crippen LogP contribution in [0, 0.1) is 6.92 Å². The van der Waals surface area contributed by atoms with Gasteiger partial charge in [0.15, 0.2) is 0 Å². The monoisotopic (exact) mass is 307 g/mol. The standard InChI is InChI=1S/C13H10BrNO3/c1-8-6-9(14)7-15-12(8)18-11-5-3-2-4-10(11)13(16)17/h2-7H,1H3,(H,16,17). The Labute approximate surface area is 112 Å². The molecule has 0 saturated carbocycles. The molecule has 0 spiro atoms. The van der Waals surface area contributed by atoms with E-state index in [-0.39, 0.29) is 11.3 Å². The molecule has 0 aliphatic rings. The van der Waals surface area contributed by atoms with Crippen LogP contribution in [0.1, 0.15) is 15.9 Å². The SMILES string of the molecule is Cc1cc(Br)cnc1Oc1ccccc1C(=O)O. The van der Waals surface area contributed by atoms with Gasteiger partial charge in [-0.05, 0) is 41.1 Å². The number of aryl methyl sites for hydroxylation is 1. The number of carboxylic acid groups (broad SMARTS) is 1. The number of aromatic carboxylic acids is 1. The highest BCUT2D eigenvalue weighted by Gasteiger charge is 2.12. The summed E-state index contributed by atoms with van der Waals surface area (Å²) in [6.07, 6.45) is 1.60. The first-order valence-electron chi connectivity index (χ1n) is 5.20. The van der Waals surface area contributed by atoms with Gasteiger partial charge in [-0.25, -0.2) is 9.78 Å². The molecule has 5 heteroatoms. The molecule has 4 nitrogen and oxygen atoms in total. The Morgan fingerprint density at radius 3 is 2.78 bits per heavy atom. The van der Waals surface area contributed by atoms with E-state index in [0.717, 1.165) is 10.0 Å². The van der Waals surface area contributed by atoms with Crippen molar-refractivity contribution in [3.05, 3.63) is 52.1 Å². The number of aromatic nitrogens is 1. The number of hydrogen-bond acceptors (Lipinski definition) is 3. The van der Waals surface area contributed by atoms with Crippen molar-refractivity contribution in [3.63, 3.8) is 0 Å². The molecule has 0 saturated heterocycles. The first-order valence-corrected chi connectivity index (χ1v) is 5.99. The average molecular weight is 308 g/mol. The molecule has 0 radical (unpaired) electrons. The van der Waals surface area contributed by atoms with Crippen LogP contribution >= 0.6 is 15.9 Å². The van der Waals surface area contributed by atoms with Crippen molar-refractivity contribution in [2.75, 3.05) is 0 Å². The van der Waals surface area contributed by atoms with E-state index in [0.29, 0.717) is 5.88 Å². The van der Waals surface area contributed by atoms with E-state index in [1.54, 1.807) is 24.4 Å². The predicted molar refractivity (Wildman–Crippen MR) is 70.1 cm³/mol. The van der Waals surface area contributed by atoms with Crippen LogP contribution in [0.4, 0.5) is 0 Å². The van der Waals surface area contributed by atoms with Crippen LogP contribution in [0.15, 0.2) is 41.0 Å². The molecule has 0 atom stereocenters. The summed E-state index contributed by atoms with van der Waals surface area (Å²) in [4.78, 5) is 15.2. The molecule has 0 aliphatic carbocycles.